The highest BCUT2D eigenvalue weighted by molar-refractivity contribution is 7.14. The van der Waals surface area contributed by atoms with Crippen LogP contribution in [0.5, 0.6) is 0 Å². The van der Waals surface area contributed by atoms with Gasteiger partial charge in [0.1, 0.15) is 0 Å². The van der Waals surface area contributed by atoms with Gasteiger partial charge in [-0.05, 0) is 42.2 Å². The summed E-state index contributed by atoms with van der Waals surface area (Å²) in [5.41, 5.74) is 2.92. The maximum absolute atomic E-state index is 12.7. The van der Waals surface area contributed by atoms with Crippen LogP contribution < -0.4 is 5.32 Å². The summed E-state index contributed by atoms with van der Waals surface area (Å²) >= 11 is 1.62. The van der Waals surface area contributed by atoms with Crippen molar-refractivity contribution in [2.75, 3.05) is 14.1 Å². The lowest BCUT2D eigenvalue weighted by Gasteiger charge is -2.16. The number of hydrogen-bond donors (Lipinski definition) is 1. The van der Waals surface area contributed by atoms with E-state index in [1.54, 1.807) is 35.4 Å². The quantitative estimate of drug-likeness (QED) is 0.816. The summed E-state index contributed by atoms with van der Waals surface area (Å²) in [6.07, 6.45) is 3.09. The Morgan fingerprint density at radius 3 is 2.40 bits per heavy atom. The molecule has 1 aromatic heterocycles. The Morgan fingerprint density at radius 1 is 1.16 bits per heavy atom. The molecule has 2 aromatic rings. The number of carbonyl (C=O) groups is 2. The first kappa shape index (κ1) is 19.2. The molecule has 1 N–H and O–H groups in total. The van der Waals surface area contributed by atoms with Gasteiger partial charge in [-0.1, -0.05) is 32.4 Å². The predicted octanol–water partition coefficient (Wildman–Crippen LogP) is 3.89. The van der Waals surface area contributed by atoms with Crippen molar-refractivity contribution in [2.24, 2.45) is 0 Å². The summed E-state index contributed by atoms with van der Waals surface area (Å²) in [5.74, 6) is -0.0532. The Hall–Kier alpha value is -2.14. The largest absolute Gasteiger partial charge is 0.355 e. The van der Waals surface area contributed by atoms with Crippen molar-refractivity contribution >= 4 is 23.2 Å². The number of aryl methyl sites for hydroxylation is 2. The fourth-order valence-electron chi connectivity index (χ4n) is 2.75. The SMILES string of the molecule is CCCc1sc(C(=O)N(C)Cc2ccc(C(=O)NC)cc2)cc1CC. The fraction of sp³-hybridized carbons (Fsp3) is 0.400. The molecule has 1 heterocycles. The van der Waals surface area contributed by atoms with Gasteiger partial charge < -0.3 is 10.2 Å². The fourth-order valence-corrected chi connectivity index (χ4v) is 4.10. The lowest BCUT2D eigenvalue weighted by Crippen LogP contribution is -2.25. The van der Waals surface area contributed by atoms with E-state index in [1.165, 1.54) is 10.4 Å². The van der Waals surface area contributed by atoms with Crippen LogP contribution in [0.3, 0.4) is 0 Å². The van der Waals surface area contributed by atoms with Crippen molar-refractivity contribution in [1.29, 1.82) is 0 Å². The highest BCUT2D eigenvalue weighted by atomic mass is 32.1. The first-order valence-electron chi connectivity index (χ1n) is 8.68. The van der Waals surface area contributed by atoms with Crippen LogP contribution in [-0.4, -0.2) is 30.8 Å². The minimum absolute atomic E-state index is 0.0532. The normalized spacial score (nSPS) is 10.6. The van der Waals surface area contributed by atoms with E-state index >= 15 is 0 Å². The molecule has 2 amide bonds. The van der Waals surface area contributed by atoms with Gasteiger partial charge in [0.25, 0.3) is 11.8 Å². The van der Waals surface area contributed by atoms with Crippen LogP contribution in [0.15, 0.2) is 30.3 Å². The molecule has 25 heavy (non-hydrogen) atoms. The van der Waals surface area contributed by atoms with Gasteiger partial charge in [-0.3, -0.25) is 9.59 Å². The van der Waals surface area contributed by atoms with E-state index in [0.717, 1.165) is 29.7 Å². The van der Waals surface area contributed by atoms with E-state index in [-0.39, 0.29) is 11.8 Å². The number of carbonyl (C=O) groups excluding carboxylic acids is 2. The zero-order chi connectivity index (χ0) is 18.4. The molecular weight excluding hydrogens is 332 g/mol. The molecule has 0 atom stereocenters. The van der Waals surface area contributed by atoms with Gasteiger partial charge in [0.2, 0.25) is 0 Å². The standard InChI is InChI=1S/C20H26N2O2S/c1-5-7-17-15(6-2)12-18(25-17)20(24)22(4)13-14-8-10-16(11-9-14)19(23)21-3/h8-12H,5-7,13H2,1-4H3,(H,21,23). The second-order valence-corrected chi connectivity index (χ2v) is 7.24. The molecule has 2 rings (SSSR count). The molecule has 0 aliphatic carbocycles. The first-order chi connectivity index (χ1) is 12.0. The molecule has 1 aromatic carbocycles. The summed E-state index contributed by atoms with van der Waals surface area (Å²) in [7, 11) is 3.43. The molecule has 0 unspecified atom stereocenters. The van der Waals surface area contributed by atoms with Crippen LogP contribution in [0, 0.1) is 0 Å². The molecule has 0 aliphatic heterocycles. The van der Waals surface area contributed by atoms with Gasteiger partial charge in [0.05, 0.1) is 4.88 Å². The second kappa shape index (κ2) is 8.81. The van der Waals surface area contributed by atoms with E-state index in [4.69, 9.17) is 0 Å². The number of hydrogen-bond acceptors (Lipinski definition) is 3. The minimum Gasteiger partial charge on any atom is -0.355 e. The molecule has 0 saturated carbocycles. The summed E-state index contributed by atoms with van der Waals surface area (Å²) in [6, 6.07) is 9.40. The maximum Gasteiger partial charge on any atom is 0.263 e. The topological polar surface area (TPSA) is 49.4 Å². The molecule has 0 spiro atoms. The Bertz CT molecular complexity index is 735. The van der Waals surface area contributed by atoms with Crippen LogP contribution in [0.2, 0.25) is 0 Å². The Morgan fingerprint density at radius 2 is 1.84 bits per heavy atom. The second-order valence-electron chi connectivity index (χ2n) is 6.10. The first-order valence-corrected chi connectivity index (χ1v) is 9.49. The third kappa shape index (κ3) is 4.69. The smallest absolute Gasteiger partial charge is 0.263 e. The van der Waals surface area contributed by atoms with Crippen LogP contribution in [0.1, 0.15) is 56.3 Å². The number of thiophene rings is 1. The van der Waals surface area contributed by atoms with Gasteiger partial charge in [0.15, 0.2) is 0 Å². The number of nitrogens with one attached hydrogen (secondary N) is 1. The molecule has 0 bridgehead atoms. The van der Waals surface area contributed by atoms with Crippen LogP contribution in [0.4, 0.5) is 0 Å². The Labute approximate surface area is 153 Å². The molecule has 0 radical (unpaired) electrons. The Kier molecular flexibility index (Phi) is 6.76. The number of amides is 2. The molecule has 4 nitrogen and oxygen atoms in total. The summed E-state index contributed by atoms with van der Waals surface area (Å²) in [4.78, 5) is 28.2. The third-order valence-corrected chi connectivity index (χ3v) is 5.40. The summed E-state index contributed by atoms with van der Waals surface area (Å²) in [5, 5.41) is 2.60. The van der Waals surface area contributed by atoms with Crippen molar-refractivity contribution in [1.82, 2.24) is 10.2 Å². The van der Waals surface area contributed by atoms with Crippen molar-refractivity contribution in [3.63, 3.8) is 0 Å². The van der Waals surface area contributed by atoms with Crippen molar-refractivity contribution in [2.45, 2.75) is 39.7 Å². The summed E-state index contributed by atoms with van der Waals surface area (Å²) in [6.45, 7) is 4.82. The van der Waals surface area contributed by atoms with E-state index < -0.39 is 0 Å². The van der Waals surface area contributed by atoms with Crippen LogP contribution in [0.25, 0.3) is 0 Å². The van der Waals surface area contributed by atoms with E-state index in [0.29, 0.717) is 12.1 Å². The van der Waals surface area contributed by atoms with Crippen molar-refractivity contribution < 1.29 is 9.59 Å². The molecule has 0 aliphatic rings. The van der Waals surface area contributed by atoms with Crippen molar-refractivity contribution in [3.8, 4) is 0 Å². The van der Waals surface area contributed by atoms with Gasteiger partial charge in [-0.2, -0.15) is 0 Å². The zero-order valence-corrected chi connectivity index (χ0v) is 16.2. The zero-order valence-electron chi connectivity index (χ0n) is 15.4. The van der Waals surface area contributed by atoms with Gasteiger partial charge >= 0.3 is 0 Å². The molecule has 0 saturated heterocycles. The lowest BCUT2D eigenvalue weighted by molar-refractivity contribution is 0.0789. The third-order valence-electron chi connectivity index (χ3n) is 4.18. The monoisotopic (exact) mass is 358 g/mol. The van der Waals surface area contributed by atoms with E-state index in [9.17, 15) is 9.59 Å². The molecular formula is C20H26N2O2S. The molecule has 0 fully saturated rings. The van der Waals surface area contributed by atoms with E-state index in [2.05, 4.69) is 19.2 Å². The van der Waals surface area contributed by atoms with Gasteiger partial charge in [-0.25, -0.2) is 0 Å². The molecule has 134 valence electrons. The number of benzene rings is 1. The van der Waals surface area contributed by atoms with Gasteiger partial charge in [0, 0.05) is 31.1 Å². The summed E-state index contributed by atoms with van der Waals surface area (Å²) < 4.78 is 0. The van der Waals surface area contributed by atoms with Crippen LogP contribution in [-0.2, 0) is 19.4 Å². The highest BCUT2D eigenvalue weighted by Gasteiger charge is 2.17. The average molecular weight is 359 g/mol. The van der Waals surface area contributed by atoms with Crippen molar-refractivity contribution in [3.05, 3.63) is 56.8 Å². The van der Waals surface area contributed by atoms with Gasteiger partial charge in [-0.15, -0.1) is 11.3 Å². The molecule has 5 heteroatoms. The highest BCUT2D eigenvalue weighted by Crippen LogP contribution is 2.26. The Balaban J connectivity index is 2.08. The number of rotatable bonds is 7. The maximum atomic E-state index is 12.7. The van der Waals surface area contributed by atoms with E-state index in [1.807, 2.05) is 25.2 Å². The lowest BCUT2D eigenvalue weighted by atomic mass is 10.1. The van der Waals surface area contributed by atoms with Crippen LogP contribution >= 0.6 is 11.3 Å². The predicted molar refractivity (Wildman–Crippen MR) is 103 cm³/mol. The number of nitrogens with zero attached hydrogens (tertiary/aromatic N) is 1. The minimum atomic E-state index is -0.106. The average Bonchev–Trinajstić information content (AvgIpc) is 3.04.